The summed E-state index contributed by atoms with van der Waals surface area (Å²) in [6.45, 7) is 3.58. The number of rotatable bonds is 4. The van der Waals surface area contributed by atoms with Crippen LogP contribution in [0.4, 0.5) is 11.5 Å². The SMILES string of the molecule is COc1cccc(N2CCN(c3ncnc4c3ncn4-c3ccccc3)CC2)c1. The number of para-hydroxylation sites is 1. The summed E-state index contributed by atoms with van der Waals surface area (Å²) >= 11 is 0. The van der Waals surface area contributed by atoms with Crippen molar-refractivity contribution in [2.75, 3.05) is 43.1 Å². The van der Waals surface area contributed by atoms with Crippen LogP contribution in [0.2, 0.25) is 0 Å². The number of fused-ring (bicyclic) bond motifs is 1. The Balaban J connectivity index is 1.39. The molecule has 0 unspecified atom stereocenters. The van der Waals surface area contributed by atoms with Gasteiger partial charge in [-0.05, 0) is 24.3 Å². The van der Waals surface area contributed by atoms with Crippen LogP contribution in [0.5, 0.6) is 5.75 Å². The fourth-order valence-electron chi connectivity index (χ4n) is 3.82. The van der Waals surface area contributed by atoms with E-state index in [1.807, 2.05) is 41.2 Å². The first-order valence-electron chi connectivity index (χ1n) is 9.71. The Morgan fingerprint density at radius 2 is 1.55 bits per heavy atom. The Bertz CT molecular complexity index is 1120. The lowest BCUT2D eigenvalue weighted by Gasteiger charge is -2.36. The Kier molecular flexibility index (Phi) is 4.48. The molecule has 0 bridgehead atoms. The van der Waals surface area contributed by atoms with Gasteiger partial charge in [0.25, 0.3) is 0 Å². The van der Waals surface area contributed by atoms with Crippen molar-refractivity contribution < 1.29 is 4.74 Å². The van der Waals surface area contributed by atoms with Crippen molar-refractivity contribution in [2.24, 2.45) is 0 Å². The highest BCUT2D eigenvalue weighted by atomic mass is 16.5. The number of piperazine rings is 1. The summed E-state index contributed by atoms with van der Waals surface area (Å²) in [5.41, 5.74) is 3.90. The van der Waals surface area contributed by atoms with Crippen molar-refractivity contribution in [3.8, 4) is 11.4 Å². The number of methoxy groups -OCH3 is 1. The lowest BCUT2D eigenvalue weighted by Crippen LogP contribution is -2.47. The first kappa shape index (κ1) is 17.5. The van der Waals surface area contributed by atoms with Crippen LogP contribution in [0.15, 0.2) is 67.3 Å². The lowest BCUT2D eigenvalue weighted by molar-refractivity contribution is 0.414. The van der Waals surface area contributed by atoms with Crippen LogP contribution >= 0.6 is 0 Å². The van der Waals surface area contributed by atoms with E-state index in [0.29, 0.717) is 0 Å². The van der Waals surface area contributed by atoms with Gasteiger partial charge in [-0.15, -0.1) is 0 Å². The molecule has 4 aromatic rings. The van der Waals surface area contributed by atoms with Gasteiger partial charge in [-0.1, -0.05) is 24.3 Å². The molecule has 0 spiro atoms. The fraction of sp³-hybridized carbons (Fsp3) is 0.227. The van der Waals surface area contributed by atoms with E-state index in [4.69, 9.17) is 4.74 Å². The van der Waals surface area contributed by atoms with Gasteiger partial charge in [0.1, 0.15) is 18.4 Å². The van der Waals surface area contributed by atoms with Crippen LogP contribution in [0.3, 0.4) is 0 Å². The van der Waals surface area contributed by atoms with Gasteiger partial charge in [0.05, 0.1) is 7.11 Å². The molecule has 0 saturated carbocycles. The number of imidazole rings is 1. The van der Waals surface area contributed by atoms with E-state index in [1.54, 1.807) is 13.4 Å². The standard InChI is InChI=1S/C22H22N6O/c1-29-19-9-5-8-18(14-19)26-10-12-27(13-11-26)21-20-22(24-15-23-21)28(16-25-20)17-6-3-2-4-7-17/h2-9,14-16H,10-13H2,1H3. The monoisotopic (exact) mass is 386 g/mol. The second-order valence-electron chi connectivity index (χ2n) is 7.00. The maximum absolute atomic E-state index is 5.36. The summed E-state index contributed by atoms with van der Waals surface area (Å²) in [6, 6.07) is 18.4. The zero-order valence-corrected chi connectivity index (χ0v) is 16.3. The number of hydrogen-bond acceptors (Lipinski definition) is 6. The van der Waals surface area contributed by atoms with Crippen LogP contribution in [-0.4, -0.2) is 52.8 Å². The number of nitrogens with zero attached hydrogens (tertiary/aromatic N) is 6. The van der Waals surface area contributed by atoms with Crippen LogP contribution < -0.4 is 14.5 Å². The van der Waals surface area contributed by atoms with Gasteiger partial charge in [-0.25, -0.2) is 15.0 Å². The molecule has 3 heterocycles. The summed E-state index contributed by atoms with van der Waals surface area (Å²) in [5, 5.41) is 0. The maximum Gasteiger partial charge on any atom is 0.170 e. The molecular formula is C22H22N6O. The minimum absolute atomic E-state index is 0.830. The molecule has 29 heavy (non-hydrogen) atoms. The smallest absolute Gasteiger partial charge is 0.170 e. The Morgan fingerprint density at radius 3 is 2.34 bits per heavy atom. The van der Waals surface area contributed by atoms with Gasteiger partial charge in [-0.2, -0.15) is 0 Å². The van der Waals surface area contributed by atoms with Crippen molar-refractivity contribution >= 4 is 22.7 Å². The average Bonchev–Trinajstić information content (AvgIpc) is 3.24. The largest absolute Gasteiger partial charge is 0.497 e. The summed E-state index contributed by atoms with van der Waals surface area (Å²) in [4.78, 5) is 18.4. The molecule has 7 nitrogen and oxygen atoms in total. The Morgan fingerprint density at radius 1 is 0.793 bits per heavy atom. The molecule has 0 N–H and O–H groups in total. The maximum atomic E-state index is 5.36. The summed E-state index contributed by atoms with van der Waals surface area (Å²) in [7, 11) is 1.70. The van der Waals surface area contributed by atoms with E-state index >= 15 is 0 Å². The number of ether oxygens (including phenoxy) is 1. The first-order chi connectivity index (χ1) is 14.3. The summed E-state index contributed by atoms with van der Waals surface area (Å²) in [6.07, 6.45) is 3.46. The molecule has 2 aromatic carbocycles. The van der Waals surface area contributed by atoms with Crippen LogP contribution in [0.1, 0.15) is 0 Å². The van der Waals surface area contributed by atoms with Crippen LogP contribution in [-0.2, 0) is 0 Å². The zero-order valence-electron chi connectivity index (χ0n) is 16.3. The fourth-order valence-corrected chi connectivity index (χ4v) is 3.82. The molecule has 1 saturated heterocycles. The van der Waals surface area contributed by atoms with E-state index in [-0.39, 0.29) is 0 Å². The van der Waals surface area contributed by atoms with E-state index in [2.05, 4.69) is 49.0 Å². The molecule has 1 aliphatic heterocycles. The van der Waals surface area contributed by atoms with Crippen molar-refractivity contribution in [1.82, 2.24) is 19.5 Å². The summed E-state index contributed by atoms with van der Waals surface area (Å²) in [5.74, 6) is 1.78. The van der Waals surface area contributed by atoms with E-state index in [1.165, 1.54) is 5.69 Å². The topological polar surface area (TPSA) is 59.3 Å². The van der Waals surface area contributed by atoms with Gasteiger partial charge in [0.2, 0.25) is 0 Å². The van der Waals surface area contributed by atoms with Crippen molar-refractivity contribution in [2.45, 2.75) is 0 Å². The average molecular weight is 386 g/mol. The number of hydrogen-bond donors (Lipinski definition) is 0. The second-order valence-corrected chi connectivity index (χ2v) is 7.00. The first-order valence-corrected chi connectivity index (χ1v) is 9.71. The van der Waals surface area contributed by atoms with Crippen molar-refractivity contribution in [3.63, 3.8) is 0 Å². The normalized spacial score (nSPS) is 14.4. The zero-order chi connectivity index (χ0) is 19.6. The van der Waals surface area contributed by atoms with E-state index in [0.717, 1.165) is 54.6 Å². The second kappa shape index (κ2) is 7.43. The summed E-state index contributed by atoms with van der Waals surface area (Å²) < 4.78 is 7.37. The lowest BCUT2D eigenvalue weighted by atomic mass is 10.2. The minimum atomic E-state index is 0.830. The third kappa shape index (κ3) is 3.24. The molecule has 1 aliphatic rings. The minimum Gasteiger partial charge on any atom is -0.497 e. The third-order valence-electron chi connectivity index (χ3n) is 5.35. The molecule has 0 amide bonds. The van der Waals surface area contributed by atoms with E-state index in [9.17, 15) is 0 Å². The van der Waals surface area contributed by atoms with Crippen LogP contribution in [0.25, 0.3) is 16.9 Å². The van der Waals surface area contributed by atoms with Crippen molar-refractivity contribution in [1.29, 1.82) is 0 Å². The van der Waals surface area contributed by atoms with Crippen LogP contribution in [0, 0.1) is 0 Å². The predicted octanol–water partition coefficient (Wildman–Crippen LogP) is 3.15. The van der Waals surface area contributed by atoms with Gasteiger partial charge in [0, 0.05) is 43.6 Å². The number of anilines is 2. The quantitative estimate of drug-likeness (QED) is 0.537. The molecule has 146 valence electrons. The predicted molar refractivity (Wildman–Crippen MR) is 114 cm³/mol. The van der Waals surface area contributed by atoms with Gasteiger partial charge in [-0.3, -0.25) is 4.57 Å². The number of aromatic nitrogens is 4. The Hall–Kier alpha value is -3.61. The Labute approximate surface area is 169 Å². The van der Waals surface area contributed by atoms with E-state index < -0.39 is 0 Å². The molecule has 0 atom stereocenters. The van der Waals surface area contributed by atoms with Crippen molar-refractivity contribution in [3.05, 3.63) is 67.3 Å². The third-order valence-corrected chi connectivity index (χ3v) is 5.35. The van der Waals surface area contributed by atoms with Gasteiger partial charge >= 0.3 is 0 Å². The molecule has 0 radical (unpaired) electrons. The van der Waals surface area contributed by atoms with Gasteiger partial charge in [0.15, 0.2) is 17.0 Å². The molecule has 1 fully saturated rings. The molecule has 7 heteroatoms. The molecular weight excluding hydrogens is 364 g/mol. The molecule has 5 rings (SSSR count). The highest BCUT2D eigenvalue weighted by Crippen LogP contribution is 2.27. The highest BCUT2D eigenvalue weighted by molar-refractivity contribution is 5.84. The highest BCUT2D eigenvalue weighted by Gasteiger charge is 2.22. The molecule has 0 aliphatic carbocycles. The van der Waals surface area contributed by atoms with Gasteiger partial charge < -0.3 is 14.5 Å². The molecule has 2 aromatic heterocycles. The number of benzene rings is 2.